The molecule has 0 saturated heterocycles. The van der Waals surface area contributed by atoms with Gasteiger partial charge in [-0.05, 0) is 6.07 Å². The summed E-state index contributed by atoms with van der Waals surface area (Å²) in [5, 5.41) is 2.54. The number of benzene rings is 1. The molecule has 1 aromatic heterocycles. The van der Waals surface area contributed by atoms with Crippen LogP contribution in [0.4, 0.5) is 26.2 Å². The molecule has 1 heterocycles. The van der Waals surface area contributed by atoms with E-state index in [9.17, 15) is 8.78 Å². The van der Waals surface area contributed by atoms with Crippen molar-refractivity contribution in [2.45, 2.75) is 0 Å². The third-order valence-electron chi connectivity index (χ3n) is 2.12. The summed E-state index contributed by atoms with van der Waals surface area (Å²) in [6.45, 7) is 0. The van der Waals surface area contributed by atoms with E-state index in [1.165, 1.54) is 6.20 Å². The first-order chi connectivity index (χ1) is 9.01. The maximum atomic E-state index is 13.6. The molecule has 2 rings (SSSR count). The van der Waals surface area contributed by atoms with Gasteiger partial charge in [0.15, 0.2) is 11.6 Å². The van der Waals surface area contributed by atoms with E-state index in [0.29, 0.717) is 6.07 Å². The highest BCUT2D eigenvalue weighted by Crippen LogP contribution is 2.31. The Morgan fingerprint density at radius 1 is 1.16 bits per heavy atom. The lowest BCUT2D eigenvalue weighted by atomic mass is 10.3. The zero-order valence-corrected chi connectivity index (χ0v) is 10.7. The van der Waals surface area contributed by atoms with Crippen LogP contribution in [-0.2, 0) is 0 Å². The Balaban J connectivity index is 2.41. The molecule has 2 aromatic rings. The van der Waals surface area contributed by atoms with Crippen molar-refractivity contribution in [1.29, 1.82) is 0 Å². The highest BCUT2D eigenvalue weighted by Gasteiger charge is 2.13. The maximum Gasteiger partial charge on any atom is 0.239 e. The van der Waals surface area contributed by atoms with Crippen LogP contribution in [0.2, 0.25) is 10.0 Å². The fraction of sp³-hybridized carbons (Fsp3) is 0. The van der Waals surface area contributed by atoms with Crippen LogP contribution in [0.15, 0.2) is 18.3 Å². The Kier molecular flexibility index (Phi) is 3.98. The average molecular weight is 306 g/mol. The minimum absolute atomic E-state index is 0.0746. The molecule has 0 aliphatic heterocycles. The van der Waals surface area contributed by atoms with Gasteiger partial charge in [0, 0.05) is 6.07 Å². The van der Waals surface area contributed by atoms with E-state index < -0.39 is 11.6 Å². The molecule has 9 heteroatoms. The van der Waals surface area contributed by atoms with Crippen LogP contribution in [-0.4, -0.2) is 9.97 Å². The number of nitrogen functional groups attached to an aromatic ring is 1. The summed E-state index contributed by atoms with van der Waals surface area (Å²) in [6, 6.07) is 1.65. The molecule has 0 aliphatic carbocycles. The van der Waals surface area contributed by atoms with Crippen molar-refractivity contribution in [2.75, 3.05) is 10.7 Å². The van der Waals surface area contributed by atoms with Gasteiger partial charge in [0.1, 0.15) is 10.8 Å². The molecule has 0 unspecified atom stereocenters. The van der Waals surface area contributed by atoms with Crippen LogP contribution in [0, 0.1) is 11.6 Å². The molecule has 1 aromatic carbocycles. The van der Waals surface area contributed by atoms with Crippen LogP contribution in [0.1, 0.15) is 0 Å². The third-order valence-corrected chi connectivity index (χ3v) is 2.70. The molecule has 0 radical (unpaired) electrons. The zero-order chi connectivity index (χ0) is 14.0. The fourth-order valence-corrected chi connectivity index (χ4v) is 1.68. The molecule has 0 saturated carbocycles. The van der Waals surface area contributed by atoms with Crippen molar-refractivity contribution in [3.8, 4) is 0 Å². The van der Waals surface area contributed by atoms with E-state index >= 15 is 0 Å². The molecule has 100 valence electrons. The second kappa shape index (κ2) is 5.52. The molecular formula is C10H7Cl2F2N5. The Hall–Kier alpha value is -1.70. The van der Waals surface area contributed by atoms with Gasteiger partial charge in [-0.2, -0.15) is 4.98 Å². The number of aromatic nitrogens is 2. The van der Waals surface area contributed by atoms with Crippen LogP contribution in [0.25, 0.3) is 0 Å². The first-order valence-electron chi connectivity index (χ1n) is 4.92. The van der Waals surface area contributed by atoms with Gasteiger partial charge in [-0.1, -0.05) is 23.2 Å². The molecule has 0 fully saturated rings. The number of halogens is 4. The number of rotatable bonds is 3. The van der Waals surface area contributed by atoms with Gasteiger partial charge in [0.2, 0.25) is 5.95 Å². The number of hydrazine groups is 1. The lowest BCUT2D eigenvalue weighted by molar-refractivity contribution is 0.586. The number of hydrogen-bond acceptors (Lipinski definition) is 5. The maximum absolute atomic E-state index is 13.6. The van der Waals surface area contributed by atoms with Crippen molar-refractivity contribution >= 4 is 40.7 Å². The minimum Gasteiger partial charge on any atom is -0.335 e. The number of nitrogens with two attached hydrogens (primary N) is 1. The summed E-state index contributed by atoms with van der Waals surface area (Å²) in [4.78, 5) is 7.63. The second-order valence-corrected chi connectivity index (χ2v) is 4.22. The molecule has 0 atom stereocenters. The van der Waals surface area contributed by atoms with E-state index in [-0.39, 0.29) is 27.5 Å². The van der Waals surface area contributed by atoms with Crippen molar-refractivity contribution in [3.05, 3.63) is 40.0 Å². The SMILES string of the molecule is NNc1ncc(Cl)c(Nc2c(F)cc(F)cc2Cl)n1. The van der Waals surface area contributed by atoms with Crippen molar-refractivity contribution in [2.24, 2.45) is 5.84 Å². The molecule has 0 bridgehead atoms. The minimum atomic E-state index is -0.873. The second-order valence-electron chi connectivity index (χ2n) is 3.40. The summed E-state index contributed by atoms with van der Waals surface area (Å²) in [5.41, 5.74) is 2.06. The number of nitrogens with zero attached hydrogens (tertiary/aromatic N) is 2. The van der Waals surface area contributed by atoms with Crippen LogP contribution in [0.3, 0.4) is 0 Å². The normalized spacial score (nSPS) is 10.4. The third kappa shape index (κ3) is 3.01. The van der Waals surface area contributed by atoms with Crippen molar-refractivity contribution in [1.82, 2.24) is 9.97 Å². The lowest BCUT2D eigenvalue weighted by Gasteiger charge is -2.11. The smallest absolute Gasteiger partial charge is 0.239 e. The van der Waals surface area contributed by atoms with Crippen molar-refractivity contribution < 1.29 is 8.78 Å². The van der Waals surface area contributed by atoms with Crippen LogP contribution in [0.5, 0.6) is 0 Å². The van der Waals surface area contributed by atoms with E-state index in [4.69, 9.17) is 29.0 Å². The lowest BCUT2D eigenvalue weighted by Crippen LogP contribution is -2.11. The Morgan fingerprint density at radius 2 is 1.89 bits per heavy atom. The van der Waals surface area contributed by atoms with Gasteiger partial charge in [-0.3, -0.25) is 5.43 Å². The summed E-state index contributed by atoms with van der Waals surface area (Å²) in [7, 11) is 0. The molecule has 19 heavy (non-hydrogen) atoms. The molecule has 0 aliphatic rings. The Bertz CT molecular complexity index is 600. The molecule has 5 nitrogen and oxygen atoms in total. The highest BCUT2D eigenvalue weighted by molar-refractivity contribution is 6.34. The summed E-state index contributed by atoms with van der Waals surface area (Å²) >= 11 is 11.6. The van der Waals surface area contributed by atoms with E-state index in [1.807, 2.05) is 0 Å². The van der Waals surface area contributed by atoms with Crippen molar-refractivity contribution in [3.63, 3.8) is 0 Å². The van der Waals surface area contributed by atoms with E-state index in [2.05, 4.69) is 20.7 Å². The van der Waals surface area contributed by atoms with Gasteiger partial charge >= 0.3 is 0 Å². The van der Waals surface area contributed by atoms with Gasteiger partial charge < -0.3 is 5.32 Å². The summed E-state index contributed by atoms with van der Waals surface area (Å²) in [5.74, 6) is 3.64. The largest absolute Gasteiger partial charge is 0.335 e. The average Bonchev–Trinajstić information content (AvgIpc) is 2.35. The van der Waals surface area contributed by atoms with Crippen LogP contribution < -0.4 is 16.6 Å². The molecule has 4 N–H and O–H groups in total. The van der Waals surface area contributed by atoms with Gasteiger partial charge in [-0.25, -0.2) is 19.6 Å². The first kappa shape index (κ1) is 13.7. The van der Waals surface area contributed by atoms with E-state index in [0.717, 1.165) is 6.07 Å². The number of nitrogens with one attached hydrogen (secondary N) is 2. The zero-order valence-electron chi connectivity index (χ0n) is 9.22. The predicted octanol–water partition coefficient (Wildman–Crippen LogP) is 3.09. The highest BCUT2D eigenvalue weighted by atomic mass is 35.5. The predicted molar refractivity (Wildman–Crippen MR) is 69.5 cm³/mol. The standard InChI is InChI=1S/C10H7Cl2F2N5/c11-5-1-4(13)2-7(14)8(5)17-9-6(12)3-16-10(18-9)19-15/h1-3H,15H2,(H2,16,17,18,19). The van der Waals surface area contributed by atoms with Crippen LogP contribution >= 0.6 is 23.2 Å². The topological polar surface area (TPSA) is 75.9 Å². The number of anilines is 3. The van der Waals surface area contributed by atoms with Gasteiger partial charge in [0.05, 0.1) is 16.9 Å². The quantitative estimate of drug-likeness (QED) is 0.600. The molecular weight excluding hydrogens is 299 g/mol. The van der Waals surface area contributed by atoms with Gasteiger partial charge in [0.25, 0.3) is 0 Å². The first-order valence-corrected chi connectivity index (χ1v) is 5.67. The Morgan fingerprint density at radius 3 is 2.53 bits per heavy atom. The Labute approximate surface area is 116 Å². The molecule has 0 amide bonds. The molecule has 0 spiro atoms. The fourth-order valence-electron chi connectivity index (χ4n) is 1.30. The summed E-state index contributed by atoms with van der Waals surface area (Å²) in [6.07, 6.45) is 1.27. The van der Waals surface area contributed by atoms with Gasteiger partial charge in [-0.15, -0.1) is 0 Å². The van der Waals surface area contributed by atoms with E-state index in [1.54, 1.807) is 0 Å². The number of hydrogen-bond donors (Lipinski definition) is 3. The monoisotopic (exact) mass is 305 g/mol. The summed E-state index contributed by atoms with van der Waals surface area (Å²) < 4.78 is 26.5.